The summed E-state index contributed by atoms with van der Waals surface area (Å²) in [6.45, 7) is 3.07. The Bertz CT molecular complexity index is 746. The van der Waals surface area contributed by atoms with Crippen molar-refractivity contribution in [3.05, 3.63) is 35.3 Å². The fraction of sp³-hybridized carbons (Fsp3) is 0.556. The van der Waals surface area contributed by atoms with Gasteiger partial charge in [-0.1, -0.05) is 0 Å². The molecule has 2 atom stereocenters. The van der Waals surface area contributed by atoms with E-state index in [4.69, 9.17) is 0 Å². The topological polar surface area (TPSA) is 71.3 Å². The van der Waals surface area contributed by atoms with E-state index in [0.717, 1.165) is 38.9 Å². The number of fused-ring (bicyclic) bond motifs is 1. The number of carbonyl (C=O) groups is 2. The Morgan fingerprint density at radius 2 is 2.23 bits per heavy atom. The molecule has 0 aliphatic carbocycles. The van der Waals surface area contributed by atoms with Crippen LogP contribution in [0.15, 0.2) is 29.6 Å². The van der Waals surface area contributed by atoms with Crippen LogP contribution in [0.1, 0.15) is 36.2 Å². The lowest BCUT2D eigenvalue weighted by molar-refractivity contribution is -0.140. The molecule has 0 N–H and O–H groups in total. The third kappa shape index (κ3) is 3.51. The number of nitrogens with zero attached hydrogens (tertiary/aromatic N) is 5. The first-order valence-electron chi connectivity index (χ1n) is 9.15. The van der Waals surface area contributed by atoms with Crippen LogP contribution in [0.3, 0.4) is 0 Å². The van der Waals surface area contributed by atoms with Crippen molar-refractivity contribution in [1.82, 2.24) is 24.3 Å². The van der Waals surface area contributed by atoms with Crippen LogP contribution >= 0.6 is 11.3 Å². The number of likely N-dealkylation sites (tertiary alicyclic amines) is 2. The molecule has 4 rings (SSSR count). The molecule has 26 heavy (non-hydrogen) atoms. The lowest BCUT2D eigenvalue weighted by Crippen LogP contribution is -2.57. The molecule has 2 saturated heterocycles. The van der Waals surface area contributed by atoms with Gasteiger partial charge in [0.15, 0.2) is 0 Å². The van der Waals surface area contributed by atoms with Crippen LogP contribution in [-0.4, -0.2) is 61.8 Å². The van der Waals surface area contributed by atoms with Gasteiger partial charge >= 0.3 is 0 Å². The Morgan fingerprint density at radius 3 is 3.00 bits per heavy atom. The number of aryl methyl sites for hydroxylation is 1. The highest BCUT2D eigenvalue weighted by atomic mass is 32.1. The molecule has 2 fully saturated rings. The minimum absolute atomic E-state index is 0.0215. The lowest BCUT2D eigenvalue weighted by atomic mass is 9.83. The number of piperidine rings is 2. The second-order valence-corrected chi connectivity index (χ2v) is 7.74. The van der Waals surface area contributed by atoms with E-state index in [1.807, 2.05) is 22.0 Å². The van der Waals surface area contributed by atoms with Crippen molar-refractivity contribution in [3.8, 4) is 0 Å². The maximum atomic E-state index is 12.6. The summed E-state index contributed by atoms with van der Waals surface area (Å²) in [6.07, 6.45) is 8.78. The highest BCUT2D eigenvalue weighted by Gasteiger charge is 2.40. The number of rotatable bonds is 5. The predicted molar refractivity (Wildman–Crippen MR) is 97.7 cm³/mol. The summed E-state index contributed by atoms with van der Waals surface area (Å²) in [6, 6.07) is 0.263. The van der Waals surface area contributed by atoms with Crippen molar-refractivity contribution < 1.29 is 9.59 Å². The molecular weight excluding hydrogens is 350 g/mol. The fourth-order valence-electron chi connectivity index (χ4n) is 4.15. The van der Waals surface area contributed by atoms with Crippen LogP contribution in [0.25, 0.3) is 0 Å². The molecule has 7 nitrogen and oxygen atoms in total. The SMILES string of the molecule is O=C(c1cscn1)N1CCC2C(CCC(=O)N2CCCn2ccnc2)C1. The molecule has 138 valence electrons. The monoisotopic (exact) mass is 373 g/mol. The van der Waals surface area contributed by atoms with Gasteiger partial charge in [-0.15, -0.1) is 11.3 Å². The van der Waals surface area contributed by atoms with Crippen molar-refractivity contribution >= 4 is 23.2 Å². The molecule has 8 heteroatoms. The number of thiazole rings is 1. The Balaban J connectivity index is 1.36. The average Bonchev–Trinajstić information content (AvgIpc) is 3.36. The number of amides is 2. The van der Waals surface area contributed by atoms with Gasteiger partial charge in [0.25, 0.3) is 5.91 Å². The molecule has 0 radical (unpaired) electrons. The zero-order valence-electron chi connectivity index (χ0n) is 14.7. The lowest BCUT2D eigenvalue weighted by Gasteiger charge is -2.47. The molecule has 0 bridgehead atoms. The average molecular weight is 373 g/mol. The second-order valence-electron chi connectivity index (χ2n) is 7.02. The maximum Gasteiger partial charge on any atom is 0.273 e. The van der Waals surface area contributed by atoms with Gasteiger partial charge < -0.3 is 14.4 Å². The van der Waals surface area contributed by atoms with E-state index >= 15 is 0 Å². The molecule has 0 saturated carbocycles. The van der Waals surface area contributed by atoms with E-state index in [0.29, 0.717) is 24.6 Å². The van der Waals surface area contributed by atoms with Crippen molar-refractivity contribution in [2.24, 2.45) is 5.92 Å². The number of carbonyl (C=O) groups excluding carboxylic acids is 2. The Labute approximate surface area is 156 Å². The third-order valence-corrected chi connectivity index (χ3v) is 6.04. The quantitative estimate of drug-likeness (QED) is 0.802. The first-order valence-corrected chi connectivity index (χ1v) is 10.1. The summed E-state index contributed by atoms with van der Waals surface area (Å²) >= 11 is 1.45. The van der Waals surface area contributed by atoms with E-state index in [1.165, 1.54) is 11.3 Å². The summed E-state index contributed by atoms with van der Waals surface area (Å²) in [5.74, 6) is 0.654. The Hall–Kier alpha value is -2.22. The second kappa shape index (κ2) is 7.57. The van der Waals surface area contributed by atoms with Crippen LogP contribution < -0.4 is 0 Å². The normalized spacial score (nSPS) is 23.2. The van der Waals surface area contributed by atoms with Crippen LogP contribution in [0.4, 0.5) is 0 Å². The molecule has 2 unspecified atom stereocenters. The molecule has 2 aliphatic rings. The molecule has 0 spiro atoms. The first-order chi connectivity index (χ1) is 12.7. The highest BCUT2D eigenvalue weighted by molar-refractivity contribution is 7.07. The van der Waals surface area contributed by atoms with Gasteiger partial charge in [0, 0.05) is 56.4 Å². The van der Waals surface area contributed by atoms with Crippen LogP contribution in [-0.2, 0) is 11.3 Å². The summed E-state index contributed by atoms with van der Waals surface area (Å²) in [7, 11) is 0. The van der Waals surface area contributed by atoms with Crippen LogP contribution in [0.5, 0.6) is 0 Å². The number of hydrogen-bond acceptors (Lipinski definition) is 5. The zero-order valence-corrected chi connectivity index (χ0v) is 15.5. The van der Waals surface area contributed by atoms with Crippen molar-refractivity contribution in [3.63, 3.8) is 0 Å². The van der Waals surface area contributed by atoms with Crippen LogP contribution in [0, 0.1) is 5.92 Å². The molecule has 2 aliphatic heterocycles. The van der Waals surface area contributed by atoms with Crippen molar-refractivity contribution in [1.29, 1.82) is 0 Å². The maximum absolute atomic E-state index is 12.6. The smallest absolute Gasteiger partial charge is 0.273 e. The van der Waals surface area contributed by atoms with Crippen LogP contribution in [0.2, 0.25) is 0 Å². The van der Waals surface area contributed by atoms with Gasteiger partial charge in [-0.05, 0) is 25.2 Å². The minimum Gasteiger partial charge on any atom is -0.339 e. The molecule has 2 amide bonds. The standard InChI is InChI=1S/C18H23N5O2S/c24-17-3-2-14-10-22(18(25)15-11-26-13-20-15)8-4-16(14)23(17)7-1-6-21-9-5-19-12-21/h5,9,11-14,16H,1-4,6-8,10H2. The van der Waals surface area contributed by atoms with Crippen molar-refractivity contribution in [2.75, 3.05) is 19.6 Å². The van der Waals surface area contributed by atoms with E-state index in [9.17, 15) is 9.59 Å². The number of aromatic nitrogens is 3. The Morgan fingerprint density at radius 1 is 1.31 bits per heavy atom. The fourth-order valence-corrected chi connectivity index (χ4v) is 4.67. The Kier molecular flexibility index (Phi) is 5.01. The van der Waals surface area contributed by atoms with Gasteiger partial charge in [0.05, 0.1) is 11.8 Å². The van der Waals surface area contributed by atoms with E-state index < -0.39 is 0 Å². The summed E-state index contributed by atoms with van der Waals surface area (Å²) in [5.41, 5.74) is 2.24. The highest BCUT2D eigenvalue weighted by Crippen LogP contribution is 2.32. The number of imidazole rings is 1. The molecular formula is C18H23N5O2S. The summed E-state index contributed by atoms with van der Waals surface area (Å²) in [4.78, 5) is 37.2. The van der Waals surface area contributed by atoms with E-state index in [2.05, 4.69) is 14.9 Å². The molecule has 2 aromatic rings. The number of hydrogen-bond donors (Lipinski definition) is 0. The minimum atomic E-state index is 0.0215. The third-order valence-electron chi connectivity index (χ3n) is 5.46. The first kappa shape index (κ1) is 17.2. The predicted octanol–water partition coefficient (Wildman–Crippen LogP) is 1.88. The van der Waals surface area contributed by atoms with Gasteiger partial charge in [0.1, 0.15) is 5.69 Å². The molecule has 2 aromatic heterocycles. The molecule has 0 aromatic carbocycles. The van der Waals surface area contributed by atoms with Gasteiger partial charge in [-0.25, -0.2) is 9.97 Å². The summed E-state index contributed by atoms with van der Waals surface area (Å²) < 4.78 is 2.04. The summed E-state index contributed by atoms with van der Waals surface area (Å²) in [5, 5.41) is 1.81. The zero-order chi connectivity index (χ0) is 17.9. The van der Waals surface area contributed by atoms with Gasteiger partial charge in [-0.3, -0.25) is 9.59 Å². The van der Waals surface area contributed by atoms with Gasteiger partial charge in [-0.2, -0.15) is 0 Å². The van der Waals surface area contributed by atoms with Crippen molar-refractivity contribution in [2.45, 2.75) is 38.3 Å². The molecule has 4 heterocycles. The largest absolute Gasteiger partial charge is 0.339 e. The van der Waals surface area contributed by atoms with E-state index in [1.54, 1.807) is 17.1 Å². The van der Waals surface area contributed by atoms with Gasteiger partial charge in [0.2, 0.25) is 5.91 Å². The van der Waals surface area contributed by atoms with E-state index in [-0.39, 0.29) is 17.9 Å².